The molecule has 107 heavy (non-hydrogen) atoms. The van der Waals surface area contributed by atoms with E-state index in [0.29, 0.717) is 87.1 Å². The minimum atomic E-state index is -1.55. The van der Waals surface area contributed by atoms with E-state index >= 15 is 0 Å². The van der Waals surface area contributed by atoms with Gasteiger partial charge in [0.1, 0.15) is 57.0 Å². The van der Waals surface area contributed by atoms with Gasteiger partial charge in [-0.1, -0.05) is 74.2 Å². The van der Waals surface area contributed by atoms with E-state index in [1.54, 1.807) is 72.9 Å². The fraction of sp³-hybridized carbons (Fsp3) is 0.531. The van der Waals surface area contributed by atoms with Gasteiger partial charge in [0.05, 0.1) is 68.4 Å². The summed E-state index contributed by atoms with van der Waals surface area (Å²) >= 11 is 3.24. The number of terminal acetylenes is 3. The van der Waals surface area contributed by atoms with Crippen molar-refractivity contribution in [2.45, 2.75) is 218 Å². The Morgan fingerprint density at radius 3 is 1.64 bits per heavy atom. The van der Waals surface area contributed by atoms with Crippen LogP contribution in [0.4, 0.5) is 0 Å². The van der Waals surface area contributed by atoms with E-state index in [9.17, 15) is 29.1 Å². The normalized spacial score (nSPS) is 22.8. The molecule has 7 aliphatic rings. The molecule has 2 aliphatic heterocycles. The fourth-order valence-corrected chi connectivity index (χ4v) is 13.6. The number of carboxylic acid groups (broad SMARTS) is 1. The summed E-state index contributed by atoms with van der Waals surface area (Å²) in [5, 5.41) is 35.0. The monoisotopic (exact) mass is 1550 g/mol. The second kappa shape index (κ2) is 48.2. The minimum Gasteiger partial charge on any atom is -0.850 e. The summed E-state index contributed by atoms with van der Waals surface area (Å²) in [5.74, 6) is 6.51. The molecular formula is C81H95BrKN9O15. The number of ketones is 1. The molecule has 3 saturated carbocycles. The zero-order chi connectivity index (χ0) is 79.0. The molecule has 0 aromatic carbocycles. The number of esters is 4. The van der Waals surface area contributed by atoms with Crippen molar-refractivity contribution >= 4 is 51.6 Å². The number of fused-ring (bicyclic) bond motifs is 2. The maximum absolute atomic E-state index is 13.1. The van der Waals surface area contributed by atoms with Crippen molar-refractivity contribution in [2.75, 3.05) is 33.0 Å². The number of rotatable bonds is 15. The summed E-state index contributed by atoms with van der Waals surface area (Å²) in [5.41, 5.74) is -5.81. The molecule has 0 radical (unpaired) electrons. The topological polar surface area (TPSA) is 327 Å². The summed E-state index contributed by atoms with van der Waals surface area (Å²) in [6.45, 7) is 58.2. The van der Waals surface area contributed by atoms with Crippen molar-refractivity contribution in [1.82, 2.24) is 6.15 Å². The molecule has 6 atom stereocenters. The molecule has 2 aromatic rings. The number of hydrogen-bond acceptors (Lipinski definition) is 17. The number of nitriles is 2. The maximum Gasteiger partial charge on any atom is 1.00 e. The Morgan fingerprint density at radius 2 is 1.20 bits per heavy atom. The third-order valence-corrected chi connectivity index (χ3v) is 18.2. The Bertz CT molecular complexity index is 3930. The first-order valence-corrected chi connectivity index (χ1v) is 35.5. The molecule has 2 bridgehead atoms. The van der Waals surface area contributed by atoms with Crippen molar-refractivity contribution in [2.24, 2.45) is 21.7 Å². The second-order valence-corrected chi connectivity index (χ2v) is 26.4. The van der Waals surface area contributed by atoms with Gasteiger partial charge < -0.3 is 53.7 Å². The number of allylic oxidation sites excluding steroid dienone is 3. The van der Waals surface area contributed by atoms with Gasteiger partial charge in [-0.3, -0.25) is 28.8 Å². The predicted octanol–water partition coefficient (Wildman–Crippen LogP) is 12.2. The van der Waals surface area contributed by atoms with Gasteiger partial charge in [-0.05, 0) is 146 Å². The van der Waals surface area contributed by atoms with Crippen LogP contribution in [-0.2, 0) is 64.2 Å². The molecule has 1 spiro atoms. The van der Waals surface area contributed by atoms with Gasteiger partial charge in [0.2, 0.25) is 0 Å². The van der Waals surface area contributed by atoms with Gasteiger partial charge in [-0.15, -0.1) is 42.6 Å². The maximum atomic E-state index is 13.1. The zero-order valence-electron chi connectivity index (χ0n) is 62.9. The van der Waals surface area contributed by atoms with Gasteiger partial charge in [-0.2, -0.15) is 5.26 Å². The van der Waals surface area contributed by atoms with Crippen LogP contribution in [-0.4, -0.2) is 102 Å². The van der Waals surface area contributed by atoms with E-state index in [2.05, 4.69) is 68.8 Å². The number of carbonyl (C=O) groups is 6. The Morgan fingerprint density at radius 1 is 0.720 bits per heavy atom. The average Bonchev–Trinajstić information content (AvgIpc) is 1.56. The van der Waals surface area contributed by atoms with Crippen LogP contribution in [0.5, 0.6) is 0 Å². The van der Waals surface area contributed by atoms with E-state index in [4.69, 9.17) is 112 Å². The standard InChI is InChI=1S/2C20H20N2O3.C15H16N2O2.C12H16O3.C5H5BrO.C4H9O.C3H2N2.C2H4O2.K.H3N/c1-4-24-17(23)18-9-6-5-7-16(18)20(21-2,22-3)13-19-10-8-15(25-19)11-14(19)12-18;1-5-12-19(18(23)24-6-2)13-8-7-11-17(19)20(21-3,22-4)15-16-10-9-14-25-16;1-4-9-15(14(18)19-5-2)10-7-6-8-12(15)13(11-16)17-3;1-3-8-12(11(14)15-4-2)9-6-5-7-10(12)13;6-4-5-2-1-3-7-5;1-4(2,3)5;1-5-3-2-4;1-2(3)4;;/h7-8,10-11,15H,4-6,9,12-13H2,1H3;1,9-11,14H,6-8,12-13,15H2,2H3;1H,5-10H2,2H3;1H,4-9H2,2H3;1-3H,4H2;1-3H3;3H2;1H3,(H,3,4);;1H3/q;;;;;-1;;;+1;/b;;13-12+;;;;;;;/t15-,18+,19-;;;;;;;;;/m1........./s1. The molecule has 4 N–H and O–H groups in total. The number of furan rings is 2. The number of carboxylic acids is 1. The number of Topliss-reactive ketones (excluding diaryl/α,β-unsaturated/α-hetero) is 1. The van der Waals surface area contributed by atoms with E-state index in [-0.39, 0.29) is 133 Å². The first-order chi connectivity index (χ1) is 50.0. The first-order valence-electron chi connectivity index (χ1n) is 34.3. The van der Waals surface area contributed by atoms with Crippen LogP contribution >= 0.6 is 15.9 Å². The number of carbonyl (C=O) groups excluding carboxylic acids is 5. The molecule has 24 nitrogen and oxygen atoms in total. The molecule has 3 unspecified atom stereocenters. The van der Waals surface area contributed by atoms with Gasteiger partial charge in [0, 0.05) is 32.6 Å². The molecular weight excluding hydrogens is 1460 g/mol. The number of aliphatic carboxylic acids is 1. The largest absolute Gasteiger partial charge is 1.00 e. The Labute approximate surface area is 682 Å². The third-order valence-electron chi connectivity index (χ3n) is 17.6. The first kappa shape index (κ1) is 97.9. The second-order valence-electron chi connectivity index (χ2n) is 25.8. The van der Waals surface area contributed by atoms with E-state index in [1.807, 2.05) is 42.5 Å². The van der Waals surface area contributed by atoms with Crippen LogP contribution in [0, 0.1) is 121 Å². The molecule has 3 fully saturated rings. The van der Waals surface area contributed by atoms with E-state index in [1.165, 1.54) is 6.26 Å². The molecule has 26 heteroatoms. The Hall–Kier alpha value is -9.12. The van der Waals surface area contributed by atoms with Crippen molar-refractivity contribution in [3.8, 4) is 49.2 Å². The summed E-state index contributed by atoms with van der Waals surface area (Å²) in [6.07, 6.45) is 40.0. The Balaban J connectivity index is 0.00000129. The van der Waals surface area contributed by atoms with Crippen LogP contribution in [0.15, 0.2) is 104 Å². The van der Waals surface area contributed by atoms with Crippen LogP contribution in [0.25, 0.3) is 29.1 Å². The zero-order valence-corrected chi connectivity index (χ0v) is 67.6. The quantitative estimate of drug-likeness (QED) is 0.0160. The minimum absolute atomic E-state index is 0. The molecule has 4 heterocycles. The SMILES string of the molecule is BrCc1ccco1.C#CCC1(C(=O)OCC)CCCCC1=O.CC(=O)O.CC(C)(C)[O-].N.[C-]#[N+]/C(C#N)=C1\CCCCC1(CC#C)C(=O)OCC.[C-]#[N+]C(Cc1ccco1)([N+]#[C-])C1=CCCCC1(CC#C)C(=O)OCC.[C-]#[N+]C1([N+]#[C-])C[C@]23C=C[C@H](C=C2C[C@@]2(C(=O)OCC)CCCC=C12)O3.[C-]#[N+]CC#N.[K+]. The van der Waals surface area contributed by atoms with Gasteiger partial charge in [-0.25, -0.2) is 62.3 Å². The van der Waals surface area contributed by atoms with Crippen LogP contribution in [0.3, 0.4) is 0 Å². The van der Waals surface area contributed by atoms with Gasteiger partial charge in [0.15, 0.2) is 12.2 Å². The average molecular weight is 1550 g/mol. The van der Waals surface area contributed by atoms with Crippen LogP contribution < -0.4 is 62.6 Å². The third kappa shape index (κ3) is 26.4. The Kier molecular flexibility index (Phi) is 44.1. The van der Waals surface area contributed by atoms with Crippen molar-refractivity contribution in [3.63, 3.8) is 0 Å². The van der Waals surface area contributed by atoms with Crippen molar-refractivity contribution in [3.05, 3.63) is 175 Å². The molecule has 2 aromatic heterocycles. The molecule has 562 valence electrons. The number of hydrogen-bond donors (Lipinski definition) is 2. The number of alkyl halides is 1. The van der Waals surface area contributed by atoms with E-state index in [0.717, 1.165) is 68.5 Å². The fourth-order valence-electron chi connectivity index (χ4n) is 13.3. The predicted molar refractivity (Wildman–Crippen MR) is 397 cm³/mol. The summed E-state index contributed by atoms with van der Waals surface area (Å²) in [6, 6.07) is 10.8. The molecule has 0 saturated heterocycles. The van der Waals surface area contributed by atoms with Crippen molar-refractivity contribution < 1.29 is 123 Å². The number of nitrogens with zero attached hydrogens (tertiary/aromatic N) is 8. The van der Waals surface area contributed by atoms with E-state index < -0.39 is 68.1 Å². The smallest absolute Gasteiger partial charge is 0.850 e. The summed E-state index contributed by atoms with van der Waals surface area (Å²) in [7, 11) is 0. The van der Waals surface area contributed by atoms with Gasteiger partial charge in [0.25, 0.3) is 18.2 Å². The van der Waals surface area contributed by atoms with Gasteiger partial charge >= 0.3 is 86.6 Å². The molecule has 0 amide bonds. The summed E-state index contributed by atoms with van der Waals surface area (Å²) in [4.78, 5) is 91.6. The molecule has 9 rings (SSSR count). The van der Waals surface area contributed by atoms with Crippen LogP contribution in [0.1, 0.15) is 189 Å². The summed E-state index contributed by atoms with van der Waals surface area (Å²) < 4.78 is 37.2. The molecule has 5 aliphatic carbocycles. The van der Waals surface area contributed by atoms with Crippen LogP contribution in [0.2, 0.25) is 0 Å². The number of halogens is 1. The van der Waals surface area contributed by atoms with Crippen molar-refractivity contribution in [1.29, 1.82) is 10.5 Å². The number of ether oxygens (including phenoxy) is 5.